The first-order valence-corrected chi connectivity index (χ1v) is 11.9. The molecule has 1 atom stereocenters. The third-order valence-corrected chi connectivity index (χ3v) is 5.90. The first-order chi connectivity index (χ1) is 14.2. The molecule has 0 aliphatic rings. The highest BCUT2D eigenvalue weighted by molar-refractivity contribution is 5.68. The van der Waals surface area contributed by atoms with Crippen molar-refractivity contribution in [3.05, 3.63) is 29.8 Å². The first kappa shape index (κ1) is 25.5. The number of unbranched alkanes of at least 4 members (excludes halogenated alkanes) is 10. The van der Waals surface area contributed by atoms with Crippen molar-refractivity contribution in [3.63, 3.8) is 0 Å². The Balaban J connectivity index is 2.33. The first-order valence-electron chi connectivity index (χ1n) is 11.9. The van der Waals surface area contributed by atoms with Crippen LogP contribution in [0.3, 0.4) is 0 Å². The summed E-state index contributed by atoms with van der Waals surface area (Å²) in [6.07, 6.45) is 18.5. The van der Waals surface area contributed by atoms with Gasteiger partial charge in [0.2, 0.25) is 0 Å². The van der Waals surface area contributed by atoms with Crippen LogP contribution in [0.2, 0.25) is 0 Å². The summed E-state index contributed by atoms with van der Waals surface area (Å²) >= 11 is 0. The van der Waals surface area contributed by atoms with Crippen LogP contribution in [0, 0.1) is 0 Å². The fourth-order valence-electron chi connectivity index (χ4n) is 3.99. The molecule has 0 radical (unpaired) electrons. The summed E-state index contributed by atoms with van der Waals surface area (Å²) in [5.41, 5.74) is 1.46. The van der Waals surface area contributed by atoms with Gasteiger partial charge in [0, 0.05) is 6.42 Å². The SMILES string of the molecule is CCCCCCCCCC(CCCCCCCC(=O)OC)c1ccc(OC)cc1. The Labute approximate surface area is 179 Å². The van der Waals surface area contributed by atoms with Crippen molar-refractivity contribution in [1.29, 1.82) is 0 Å². The number of hydrogen-bond donors (Lipinski definition) is 0. The van der Waals surface area contributed by atoms with Gasteiger partial charge in [-0.3, -0.25) is 4.79 Å². The van der Waals surface area contributed by atoms with Crippen LogP contribution in [0.5, 0.6) is 5.75 Å². The smallest absolute Gasteiger partial charge is 0.305 e. The van der Waals surface area contributed by atoms with Crippen LogP contribution in [-0.4, -0.2) is 20.2 Å². The van der Waals surface area contributed by atoms with Gasteiger partial charge in [0.25, 0.3) is 0 Å². The van der Waals surface area contributed by atoms with Crippen LogP contribution >= 0.6 is 0 Å². The highest BCUT2D eigenvalue weighted by Gasteiger charge is 2.11. The minimum absolute atomic E-state index is 0.0840. The molecule has 29 heavy (non-hydrogen) atoms. The second-order valence-corrected chi connectivity index (χ2v) is 8.26. The number of carbonyl (C=O) groups excluding carboxylic acids is 1. The predicted octanol–water partition coefficient (Wildman–Crippen LogP) is 7.82. The van der Waals surface area contributed by atoms with Gasteiger partial charge < -0.3 is 9.47 Å². The van der Waals surface area contributed by atoms with Gasteiger partial charge in [0.15, 0.2) is 0 Å². The zero-order valence-electron chi connectivity index (χ0n) is 19.2. The summed E-state index contributed by atoms with van der Waals surface area (Å²) in [5.74, 6) is 1.51. The lowest BCUT2D eigenvalue weighted by Gasteiger charge is -2.18. The zero-order valence-corrected chi connectivity index (χ0v) is 19.2. The number of hydrogen-bond acceptors (Lipinski definition) is 3. The standard InChI is InChI=1S/C26H44O3/c1-4-5-6-7-8-10-13-16-23(24-19-21-25(28-2)22-20-24)17-14-11-9-12-15-18-26(27)29-3/h19-23H,4-18H2,1-3H3. The van der Waals surface area contributed by atoms with Gasteiger partial charge >= 0.3 is 5.97 Å². The van der Waals surface area contributed by atoms with E-state index >= 15 is 0 Å². The predicted molar refractivity (Wildman–Crippen MR) is 123 cm³/mol. The fourth-order valence-corrected chi connectivity index (χ4v) is 3.99. The minimum Gasteiger partial charge on any atom is -0.497 e. The third kappa shape index (κ3) is 12.6. The van der Waals surface area contributed by atoms with Crippen LogP contribution < -0.4 is 4.74 Å². The molecule has 1 aromatic carbocycles. The molecule has 0 N–H and O–H groups in total. The Morgan fingerprint density at radius 3 is 1.79 bits per heavy atom. The monoisotopic (exact) mass is 404 g/mol. The molecule has 3 heteroatoms. The summed E-state index contributed by atoms with van der Waals surface area (Å²) in [6.45, 7) is 2.28. The zero-order chi connectivity index (χ0) is 21.2. The van der Waals surface area contributed by atoms with Crippen molar-refractivity contribution in [2.24, 2.45) is 0 Å². The Hall–Kier alpha value is -1.51. The summed E-state index contributed by atoms with van der Waals surface area (Å²) in [5, 5.41) is 0. The lowest BCUT2D eigenvalue weighted by atomic mass is 9.88. The normalized spacial score (nSPS) is 12.0. The van der Waals surface area contributed by atoms with Gasteiger partial charge in [-0.25, -0.2) is 0 Å². The molecule has 0 bridgehead atoms. The third-order valence-electron chi connectivity index (χ3n) is 5.90. The van der Waals surface area contributed by atoms with E-state index in [1.807, 2.05) is 0 Å². The molecule has 1 aromatic rings. The molecular weight excluding hydrogens is 360 g/mol. The van der Waals surface area contributed by atoms with Crippen LogP contribution in [0.1, 0.15) is 115 Å². The maximum absolute atomic E-state index is 11.2. The summed E-state index contributed by atoms with van der Waals surface area (Å²) in [7, 11) is 3.19. The largest absolute Gasteiger partial charge is 0.497 e. The highest BCUT2D eigenvalue weighted by atomic mass is 16.5. The second-order valence-electron chi connectivity index (χ2n) is 8.26. The van der Waals surface area contributed by atoms with Crippen LogP contribution in [-0.2, 0) is 9.53 Å². The Kier molecular flexibility index (Phi) is 15.3. The molecular formula is C26H44O3. The van der Waals surface area contributed by atoms with Crippen LogP contribution in [0.15, 0.2) is 24.3 Å². The van der Waals surface area contributed by atoms with E-state index in [0.29, 0.717) is 12.3 Å². The van der Waals surface area contributed by atoms with Crippen molar-refractivity contribution in [2.75, 3.05) is 14.2 Å². The van der Waals surface area contributed by atoms with E-state index in [9.17, 15) is 4.79 Å². The van der Waals surface area contributed by atoms with E-state index < -0.39 is 0 Å². The number of esters is 1. The molecule has 166 valence electrons. The molecule has 0 amide bonds. The van der Waals surface area contributed by atoms with E-state index in [2.05, 4.69) is 31.2 Å². The molecule has 0 aliphatic carbocycles. The summed E-state index contributed by atoms with van der Waals surface area (Å²) in [6, 6.07) is 8.70. The lowest BCUT2D eigenvalue weighted by Crippen LogP contribution is -2.01. The number of methoxy groups -OCH3 is 2. The van der Waals surface area contributed by atoms with Crippen molar-refractivity contribution < 1.29 is 14.3 Å². The average molecular weight is 405 g/mol. The molecule has 0 aliphatic heterocycles. The van der Waals surface area contributed by atoms with Gasteiger partial charge in [-0.05, 0) is 42.9 Å². The van der Waals surface area contributed by atoms with Crippen LogP contribution in [0.25, 0.3) is 0 Å². The molecule has 0 saturated carbocycles. The Morgan fingerprint density at radius 1 is 0.759 bits per heavy atom. The number of benzene rings is 1. The average Bonchev–Trinajstić information content (AvgIpc) is 2.76. The number of carbonyl (C=O) groups is 1. The lowest BCUT2D eigenvalue weighted by molar-refractivity contribution is -0.140. The van der Waals surface area contributed by atoms with Crippen molar-refractivity contribution in [2.45, 2.75) is 109 Å². The number of rotatable bonds is 18. The molecule has 1 rings (SSSR count). The fraction of sp³-hybridized carbons (Fsp3) is 0.731. The van der Waals surface area contributed by atoms with Gasteiger partial charge in [-0.2, -0.15) is 0 Å². The van der Waals surface area contributed by atoms with Crippen LogP contribution in [0.4, 0.5) is 0 Å². The Bertz CT molecular complexity index is 509. The van der Waals surface area contributed by atoms with Crippen molar-refractivity contribution >= 4 is 5.97 Å². The van der Waals surface area contributed by atoms with Gasteiger partial charge in [0.05, 0.1) is 14.2 Å². The molecule has 0 aromatic heterocycles. The minimum atomic E-state index is -0.0840. The number of ether oxygens (including phenoxy) is 2. The molecule has 0 heterocycles. The Morgan fingerprint density at radius 2 is 1.28 bits per heavy atom. The second kappa shape index (κ2) is 17.4. The summed E-state index contributed by atoms with van der Waals surface area (Å²) in [4.78, 5) is 11.2. The molecule has 1 unspecified atom stereocenters. The van der Waals surface area contributed by atoms with Crippen molar-refractivity contribution in [3.8, 4) is 5.75 Å². The topological polar surface area (TPSA) is 35.5 Å². The molecule has 3 nitrogen and oxygen atoms in total. The maximum Gasteiger partial charge on any atom is 0.305 e. The maximum atomic E-state index is 11.2. The molecule has 0 spiro atoms. The van der Waals surface area contributed by atoms with Gasteiger partial charge in [-0.15, -0.1) is 0 Å². The van der Waals surface area contributed by atoms with Crippen molar-refractivity contribution in [1.82, 2.24) is 0 Å². The van der Waals surface area contributed by atoms with Gasteiger partial charge in [-0.1, -0.05) is 89.7 Å². The van der Waals surface area contributed by atoms with E-state index in [-0.39, 0.29) is 5.97 Å². The van der Waals surface area contributed by atoms with E-state index in [1.165, 1.54) is 89.7 Å². The van der Waals surface area contributed by atoms with E-state index in [0.717, 1.165) is 18.6 Å². The summed E-state index contributed by atoms with van der Waals surface area (Å²) < 4.78 is 10.0. The van der Waals surface area contributed by atoms with Gasteiger partial charge in [0.1, 0.15) is 5.75 Å². The molecule has 0 fully saturated rings. The molecule has 0 saturated heterocycles. The highest BCUT2D eigenvalue weighted by Crippen LogP contribution is 2.30. The quantitative estimate of drug-likeness (QED) is 0.185. The van der Waals surface area contributed by atoms with E-state index in [1.54, 1.807) is 7.11 Å². The van der Waals surface area contributed by atoms with E-state index in [4.69, 9.17) is 9.47 Å².